The summed E-state index contributed by atoms with van der Waals surface area (Å²) in [7, 11) is -5.71. The smallest absolute Gasteiger partial charge is 0.317 e. The largest absolute Gasteiger partial charge is 0.417 e. The third-order valence-corrected chi connectivity index (χ3v) is 9.82. The fourth-order valence-corrected chi connectivity index (χ4v) is 8.17. The lowest BCUT2D eigenvalue weighted by Gasteiger charge is -2.42. The molecule has 41 heavy (non-hydrogen) atoms. The number of alkyl halides is 9. The van der Waals surface area contributed by atoms with Gasteiger partial charge in [-0.1, -0.05) is 39.0 Å². The van der Waals surface area contributed by atoms with E-state index in [0.717, 1.165) is 0 Å². The van der Waals surface area contributed by atoms with E-state index in [1.807, 2.05) is 20.8 Å². The van der Waals surface area contributed by atoms with Gasteiger partial charge in [0.15, 0.2) is 0 Å². The van der Waals surface area contributed by atoms with Gasteiger partial charge in [0.2, 0.25) is 0 Å². The first-order valence-electron chi connectivity index (χ1n) is 12.8. The molecule has 2 aliphatic rings. The number of anilines is 1. The third-order valence-electron chi connectivity index (χ3n) is 7.90. The molecule has 2 aromatic carbocycles. The number of hydrogen-bond donors (Lipinski definition) is 1. The number of nitrogens with one attached hydrogen (secondary N) is 1. The van der Waals surface area contributed by atoms with Crippen LogP contribution < -0.4 is 9.62 Å². The number of halogens is 9. The Bertz CT molecular complexity index is 1370. The van der Waals surface area contributed by atoms with Crippen LogP contribution in [0.2, 0.25) is 0 Å². The van der Waals surface area contributed by atoms with Crippen molar-refractivity contribution in [3.63, 3.8) is 0 Å². The third kappa shape index (κ3) is 5.78. The predicted molar refractivity (Wildman–Crippen MR) is 134 cm³/mol. The Morgan fingerprint density at radius 2 is 1.41 bits per heavy atom. The number of hydrogen-bond acceptors (Lipinski definition) is 3. The summed E-state index contributed by atoms with van der Waals surface area (Å²) in [5.74, 6) is 0. The first-order valence-corrected chi connectivity index (χ1v) is 14.3. The summed E-state index contributed by atoms with van der Waals surface area (Å²) in [6, 6.07) is 3.75. The minimum absolute atomic E-state index is 0.134. The van der Waals surface area contributed by atoms with Gasteiger partial charge < -0.3 is 5.32 Å². The summed E-state index contributed by atoms with van der Waals surface area (Å²) in [6.45, 7) is 6.09. The predicted octanol–water partition coefficient (Wildman–Crippen LogP) is 7.56. The number of benzene rings is 2. The number of sulfonamides is 1. The molecule has 4 rings (SSSR count). The summed E-state index contributed by atoms with van der Waals surface area (Å²) < 4.78 is 154. The van der Waals surface area contributed by atoms with Crippen molar-refractivity contribution >= 4 is 15.7 Å². The summed E-state index contributed by atoms with van der Waals surface area (Å²) in [5.41, 5.74) is -5.07. The summed E-state index contributed by atoms with van der Waals surface area (Å²) in [4.78, 5) is -2.02. The van der Waals surface area contributed by atoms with Crippen molar-refractivity contribution in [3.8, 4) is 0 Å². The van der Waals surface area contributed by atoms with E-state index in [0.29, 0.717) is 21.5 Å². The maximum atomic E-state index is 14.2. The van der Waals surface area contributed by atoms with Crippen molar-refractivity contribution in [2.75, 3.05) is 17.4 Å². The van der Waals surface area contributed by atoms with Gasteiger partial charge in [-0.15, -0.1) is 0 Å². The Morgan fingerprint density at radius 3 is 1.88 bits per heavy atom. The quantitative estimate of drug-likeness (QED) is 0.361. The van der Waals surface area contributed by atoms with Crippen LogP contribution in [-0.2, 0) is 33.2 Å². The molecular weight excluding hydrogens is 587 g/mol. The summed E-state index contributed by atoms with van der Waals surface area (Å²) in [5, 5.41) is 3.06. The van der Waals surface area contributed by atoms with Crippen molar-refractivity contribution in [2.24, 2.45) is 0 Å². The Kier molecular flexibility index (Phi) is 7.72. The van der Waals surface area contributed by atoms with Gasteiger partial charge in [-0.2, -0.15) is 39.5 Å². The highest BCUT2D eigenvalue weighted by Gasteiger charge is 2.57. The van der Waals surface area contributed by atoms with Gasteiger partial charge in [-0.25, -0.2) is 8.42 Å². The minimum Gasteiger partial charge on any atom is -0.317 e. The zero-order valence-corrected chi connectivity index (χ0v) is 23.2. The molecule has 228 valence electrons. The number of piperidine rings is 1. The SMILES string of the molecule is CC(C)(C)c1ccc2c(c1)C1(CCNCC1)C(CCC(F)(F)F)N2S(=O)(=O)c1c(C(F)(F)F)cccc1C(F)(F)F. The van der Waals surface area contributed by atoms with Gasteiger partial charge in [0.05, 0.1) is 22.9 Å². The molecule has 0 saturated carbocycles. The van der Waals surface area contributed by atoms with Gasteiger partial charge in [0.1, 0.15) is 4.90 Å². The Balaban J connectivity index is 2.07. The standard InChI is InChI=1S/C27H29F9N2O2S/c1-23(2,3)16-7-8-20-19(15-16)24(11-13-37-14-12-24)21(9-10-25(28,29)30)38(20)41(39,40)22-17(26(31,32)33)5-4-6-18(22)27(34,35)36/h4-8,15,21,37H,9-14H2,1-3H3. The maximum absolute atomic E-state index is 14.2. The van der Waals surface area contributed by atoms with Crippen LogP contribution in [0.1, 0.15) is 68.7 Å². The van der Waals surface area contributed by atoms with Crippen molar-refractivity contribution in [1.82, 2.24) is 5.32 Å². The van der Waals surface area contributed by atoms with Crippen LogP contribution in [0.4, 0.5) is 45.2 Å². The highest BCUT2D eigenvalue weighted by molar-refractivity contribution is 7.93. The molecule has 1 saturated heterocycles. The second kappa shape index (κ2) is 10.1. The normalized spacial score (nSPS) is 20.0. The average Bonchev–Trinajstić information content (AvgIpc) is 3.09. The first-order chi connectivity index (χ1) is 18.6. The number of nitrogens with zero attached hydrogens (tertiary/aromatic N) is 1. The second-order valence-electron chi connectivity index (χ2n) is 11.5. The molecule has 0 aromatic heterocycles. The zero-order chi connectivity index (χ0) is 30.8. The molecule has 0 radical (unpaired) electrons. The Hall–Kier alpha value is -2.48. The number of fused-ring (bicyclic) bond motifs is 2. The van der Waals surface area contributed by atoms with Crippen molar-refractivity contribution in [1.29, 1.82) is 0 Å². The summed E-state index contributed by atoms with van der Waals surface area (Å²) in [6.07, 6.45) is -17.8. The molecule has 0 aliphatic carbocycles. The molecule has 2 aliphatic heterocycles. The van der Waals surface area contributed by atoms with Gasteiger partial charge in [-0.05, 0) is 67.1 Å². The van der Waals surface area contributed by atoms with Crippen LogP contribution in [0.25, 0.3) is 0 Å². The molecule has 14 heteroatoms. The van der Waals surface area contributed by atoms with Crippen molar-refractivity contribution in [2.45, 2.75) is 86.8 Å². The van der Waals surface area contributed by atoms with E-state index in [-0.39, 0.29) is 43.8 Å². The topological polar surface area (TPSA) is 49.4 Å². The van der Waals surface area contributed by atoms with Gasteiger partial charge in [0.25, 0.3) is 10.0 Å². The molecule has 0 amide bonds. The second-order valence-corrected chi connectivity index (χ2v) is 13.3. The van der Waals surface area contributed by atoms with E-state index in [4.69, 9.17) is 0 Å². The van der Waals surface area contributed by atoms with E-state index in [1.165, 1.54) is 12.1 Å². The molecule has 1 unspecified atom stereocenters. The molecule has 1 atom stereocenters. The molecule has 2 heterocycles. The van der Waals surface area contributed by atoms with E-state index in [1.54, 1.807) is 6.07 Å². The molecule has 1 spiro atoms. The highest BCUT2D eigenvalue weighted by Crippen LogP contribution is 2.56. The summed E-state index contributed by atoms with van der Waals surface area (Å²) >= 11 is 0. The molecule has 0 bridgehead atoms. The van der Waals surface area contributed by atoms with Gasteiger partial charge in [-0.3, -0.25) is 4.31 Å². The number of rotatable bonds is 4. The molecule has 2 aromatic rings. The van der Waals surface area contributed by atoms with E-state index >= 15 is 0 Å². The van der Waals surface area contributed by atoms with Crippen LogP contribution in [0.3, 0.4) is 0 Å². The Labute approximate surface area is 232 Å². The molecular formula is C27H29F9N2O2S. The lowest BCUT2D eigenvalue weighted by molar-refractivity contribution is -0.147. The van der Waals surface area contributed by atoms with Crippen LogP contribution in [0.15, 0.2) is 41.3 Å². The first kappa shape index (κ1) is 31.5. The molecule has 4 nitrogen and oxygen atoms in total. The van der Waals surface area contributed by atoms with Crippen molar-refractivity contribution in [3.05, 3.63) is 58.7 Å². The maximum Gasteiger partial charge on any atom is 0.417 e. The zero-order valence-electron chi connectivity index (χ0n) is 22.4. The van der Waals surface area contributed by atoms with E-state index < -0.39 is 74.3 Å². The fraction of sp³-hybridized carbons (Fsp3) is 0.556. The molecule has 1 fully saturated rings. The van der Waals surface area contributed by atoms with Crippen LogP contribution in [-0.4, -0.2) is 33.7 Å². The van der Waals surface area contributed by atoms with Gasteiger partial charge in [0, 0.05) is 11.8 Å². The monoisotopic (exact) mass is 616 g/mol. The fourth-order valence-electron chi connectivity index (χ4n) is 5.99. The van der Waals surface area contributed by atoms with Crippen LogP contribution in [0.5, 0.6) is 0 Å². The van der Waals surface area contributed by atoms with E-state index in [9.17, 15) is 47.9 Å². The van der Waals surface area contributed by atoms with E-state index in [2.05, 4.69) is 5.32 Å². The lowest BCUT2D eigenvalue weighted by atomic mass is 9.68. The average molecular weight is 617 g/mol. The highest BCUT2D eigenvalue weighted by atomic mass is 32.2. The molecule has 1 N–H and O–H groups in total. The van der Waals surface area contributed by atoms with Crippen molar-refractivity contribution < 1.29 is 47.9 Å². The lowest BCUT2D eigenvalue weighted by Crippen LogP contribution is -2.52. The van der Waals surface area contributed by atoms with Crippen LogP contribution in [0, 0.1) is 0 Å². The minimum atomic E-state index is -5.71. The van der Waals surface area contributed by atoms with Crippen LogP contribution >= 0.6 is 0 Å². The van der Waals surface area contributed by atoms with Gasteiger partial charge >= 0.3 is 18.5 Å². The Morgan fingerprint density at radius 1 is 0.878 bits per heavy atom.